The van der Waals surface area contributed by atoms with Gasteiger partial charge in [-0.3, -0.25) is 0 Å². The highest BCUT2D eigenvalue weighted by molar-refractivity contribution is 7.88. The fraction of sp³-hybridized carbons (Fsp3) is 0.500. The van der Waals surface area contributed by atoms with Crippen LogP contribution in [0.25, 0.3) is 0 Å². The van der Waals surface area contributed by atoms with Gasteiger partial charge in [0.15, 0.2) is 0 Å². The molecule has 1 saturated heterocycles. The van der Waals surface area contributed by atoms with E-state index < -0.39 is 16.4 Å². The van der Waals surface area contributed by atoms with Gasteiger partial charge in [-0.05, 0) is 18.2 Å². The van der Waals surface area contributed by atoms with Gasteiger partial charge in [-0.1, -0.05) is 0 Å². The van der Waals surface area contributed by atoms with E-state index in [9.17, 15) is 17.2 Å². The fourth-order valence-corrected chi connectivity index (χ4v) is 3.12. The molecule has 5 nitrogen and oxygen atoms in total. The van der Waals surface area contributed by atoms with Crippen molar-refractivity contribution < 1.29 is 17.2 Å². The molecule has 0 atom stereocenters. The normalized spacial score (nSPS) is 17.7. The Morgan fingerprint density at radius 3 is 2.30 bits per heavy atom. The highest BCUT2D eigenvalue weighted by Crippen LogP contribution is 2.32. The van der Waals surface area contributed by atoms with Crippen molar-refractivity contribution >= 4 is 21.4 Å². The maximum absolute atomic E-state index is 13.0. The molecule has 2 N–H and O–H groups in total. The molecule has 0 amide bonds. The SMILES string of the molecule is CS(=O)(=O)N1CCN(c2ccc(N)cc2C(F)F)CC1. The van der Waals surface area contributed by atoms with Crippen LogP contribution in [0.3, 0.4) is 0 Å². The predicted molar refractivity (Wildman–Crippen MR) is 74.4 cm³/mol. The van der Waals surface area contributed by atoms with Gasteiger partial charge in [-0.15, -0.1) is 0 Å². The molecule has 0 aliphatic carbocycles. The van der Waals surface area contributed by atoms with Crippen LogP contribution >= 0.6 is 0 Å². The number of hydrogen-bond acceptors (Lipinski definition) is 4. The minimum absolute atomic E-state index is 0.113. The van der Waals surface area contributed by atoms with Crippen molar-refractivity contribution in [3.05, 3.63) is 23.8 Å². The highest BCUT2D eigenvalue weighted by atomic mass is 32.2. The Hall–Kier alpha value is -1.41. The quantitative estimate of drug-likeness (QED) is 0.855. The first-order chi connectivity index (χ1) is 9.29. The summed E-state index contributed by atoms with van der Waals surface area (Å²) >= 11 is 0. The van der Waals surface area contributed by atoms with Crippen molar-refractivity contribution in [2.45, 2.75) is 6.43 Å². The lowest BCUT2D eigenvalue weighted by Crippen LogP contribution is -2.48. The van der Waals surface area contributed by atoms with E-state index in [1.165, 1.54) is 10.4 Å². The van der Waals surface area contributed by atoms with Gasteiger partial charge >= 0.3 is 0 Å². The average molecular weight is 305 g/mol. The van der Waals surface area contributed by atoms with Crippen molar-refractivity contribution in [1.29, 1.82) is 0 Å². The standard InChI is InChI=1S/C12H17F2N3O2S/c1-20(18,19)17-6-4-16(5-7-17)11-3-2-9(15)8-10(11)12(13)14/h2-3,8,12H,4-7,15H2,1H3. The molecular weight excluding hydrogens is 288 g/mol. The maximum atomic E-state index is 13.0. The van der Waals surface area contributed by atoms with E-state index in [0.717, 1.165) is 6.26 Å². The number of nitrogens with zero attached hydrogens (tertiary/aromatic N) is 2. The molecule has 20 heavy (non-hydrogen) atoms. The summed E-state index contributed by atoms with van der Waals surface area (Å²) in [4.78, 5) is 1.77. The molecule has 1 heterocycles. The number of hydrogen-bond donors (Lipinski definition) is 1. The van der Waals surface area contributed by atoms with E-state index in [1.54, 1.807) is 17.0 Å². The summed E-state index contributed by atoms with van der Waals surface area (Å²) in [7, 11) is -3.23. The Kier molecular flexibility index (Phi) is 4.14. The Labute approximate surface area is 117 Å². The molecule has 0 unspecified atom stereocenters. The summed E-state index contributed by atoms with van der Waals surface area (Å²) in [6, 6.07) is 4.40. The van der Waals surface area contributed by atoms with E-state index in [1.807, 2.05) is 0 Å². The molecule has 1 aliphatic heterocycles. The number of sulfonamides is 1. The molecule has 112 valence electrons. The Bertz CT molecular complexity index is 584. The summed E-state index contributed by atoms with van der Waals surface area (Å²) in [5.41, 5.74) is 6.13. The minimum Gasteiger partial charge on any atom is -0.399 e. The van der Waals surface area contributed by atoms with Gasteiger partial charge in [-0.25, -0.2) is 17.2 Å². The number of halogens is 2. The second-order valence-electron chi connectivity index (χ2n) is 4.77. The monoisotopic (exact) mass is 305 g/mol. The molecule has 1 aromatic carbocycles. The van der Waals surface area contributed by atoms with Crippen LogP contribution in [0.2, 0.25) is 0 Å². The number of rotatable bonds is 3. The third kappa shape index (κ3) is 3.18. The first-order valence-corrected chi connectivity index (χ1v) is 8.01. The second-order valence-corrected chi connectivity index (χ2v) is 6.75. The van der Waals surface area contributed by atoms with Gasteiger partial charge in [0.25, 0.3) is 6.43 Å². The summed E-state index contributed by atoms with van der Waals surface area (Å²) in [5, 5.41) is 0. The van der Waals surface area contributed by atoms with E-state index in [0.29, 0.717) is 37.6 Å². The number of anilines is 2. The predicted octanol–water partition coefficient (Wildman–Crippen LogP) is 1.29. The zero-order valence-corrected chi connectivity index (χ0v) is 11.9. The highest BCUT2D eigenvalue weighted by Gasteiger charge is 2.26. The molecule has 1 fully saturated rings. The average Bonchev–Trinajstić information content (AvgIpc) is 2.37. The lowest BCUT2D eigenvalue weighted by Gasteiger charge is -2.35. The van der Waals surface area contributed by atoms with Crippen molar-refractivity contribution in [3.63, 3.8) is 0 Å². The summed E-state index contributed by atoms with van der Waals surface area (Å²) < 4.78 is 50.3. The number of nitrogen functional groups attached to an aromatic ring is 1. The molecule has 0 aromatic heterocycles. The van der Waals surface area contributed by atoms with Gasteiger partial charge < -0.3 is 10.6 Å². The number of nitrogens with two attached hydrogens (primary N) is 1. The molecule has 0 saturated carbocycles. The van der Waals surface area contributed by atoms with E-state index in [2.05, 4.69) is 0 Å². The van der Waals surface area contributed by atoms with Crippen LogP contribution in [-0.2, 0) is 10.0 Å². The molecule has 0 spiro atoms. The van der Waals surface area contributed by atoms with E-state index in [-0.39, 0.29) is 5.56 Å². The molecular formula is C12H17F2N3O2S. The summed E-state index contributed by atoms with van der Waals surface area (Å²) in [5.74, 6) is 0. The molecule has 2 rings (SSSR count). The Morgan fingerprint density at radius 2 is 1.80 bits per heavy atom. The minimum atomic E-state index is -3.23. The van der Waals surface area contributed by atoms with Crippen LogP contribution in [0.4, 0.5) is 20.2 Å². The maximum Gasteiger partial charge on any atom is 0.265 e. The van der Waals surface area contributed by atoms with Crippen LogP contribution in [0.1, 0.15) is 12.0 Å². The zero-order valence-electron chi connectivity index (χ0n) is 11.1. The third-order valence-corrected chi connectivity index (χ3v) is 4.64. The van der Waals surface area contributed by atoms with E-state index in [4.69, 9.17) is 5.73 Å². The van der Waals surface area contributed by atoms with Crippen LogP contribution < -0.4 is 10.6 Å². The van der Waals surface area contributed by atoms with E-state index >= 15 is 0 Å². The smallest absolute Gasteiger partial charge is 0.265 e. The third-order valence-electron chi connectivity index (χ3n) is 3.34. The molecule has 1 aliphatic rings. The van der Waals surface area contributed by atoms with Gasteiger partial charge in [0.1, 0.15) is 0 Å². The lowest BCUT2D eigenvalue weighted by atomic mass is 10.1. The molecule has 8 heteroatoms. The second kappa shape index (κ2) is 5.53. The lowest BCUT2D eigenvalue weighted by molar-refractivity contribution is 0.151. The van der Waals surface area contributed by atoms with Crippen molar-refractivity contribution in [1.82, 2.24) is 4.31 Å². The van der Waals surface area contributed by atoms with Crippen molar-refractivity contribution in [3.8, 4) is 0 Å². The molecule has 0 radical (unpaired) electrons. The van der Waals surface area contributed by atoms with Crippen LogP contribution in [0.15, 0.2) is 18.2 Å². The largest absolute Gasteiger partial charge is 0.399 e. The van der Waals surface area contributed by atoms with Gasteiger partial charge in [-0.2, -0.15) is 4.31 Å². The van der Waals surface area contributed by atoms with Gasteiger partial charge in [0.05, 0.1) is 6.26 Å². The number of piperazine rings is 1. The molecule has 0 bridgehead atoms. The Balaban J connectivity index is 2.19. The summed E-state index contributed by atoms with van der Waals surface area (Å²) in [6.07, 6.45) is -1.46. The summed E-state index contributed by atoms with van der Waals surface area (Å²) in [6.45, 7) is 1.37. The van der Waals surface area contributed by atoms with Crippen LogP contribution in [-0.4, -0.2) is 45.2 Å². The van der Waals surface area contributed by atoms with Crippen molar-refractivity contribution in [2.75, 3.05) is 43.1 Å². The van der Waals surface area contributed by atoms with Crippen molar-refractivity contribution in [2.24, 2.45) is 0 Å². The topological polar surface area (TPSA) is 66.6 Å². The number of benzene rings is 1. The fourth-order valence-electron chi connectivity index (χ4n) is 2.30. The first kappa shape index (κ1) is 15.0. The molecule has 1 aromatic rings. The van der Waals surface area contributed by atoms with Gasteiger partial charge in [0, 0.05) is 43.1 Å². The van der Waals surface area contributed by atoms with Gasteiger partial charge in [0.2, 0.25) is 10.0 Å². The van der Waals surface area contributed by atoms with Crippen LogP contribution in [0.5, 0.6) is 0 Å². The number of alkyl halides is 2. The zero-order chi connectivity index (χ0) is 14.9. The Morgan fingerprint density at radius 1 is 1.20 bits per heavy atom. The first-order valence-electron chi connectivity index (χ1n) is 6.16. The van der Waals surface area contributed by atoms with Crippen LogP contribution in [0, 0.1) is 0 Å².